The average molecular weight is 384 g/mol. The second kappa shape index (κ2) is 7.32. The number of amides is 1. The number of hydrogen-bond donors (Lipinski definition) is 1. The maximum Gasteiger partial charge on any atom is 0.260 e. The van der Waals surface area contributed by atoms with Crippen molar-refractivity contribution in [1.29, 1.82) is 0 Å². The van der Waals surface area contributed by atoms with Crippen molar-refractivity contribution in [1.82, 2.24) is 9.78 Å². The monoisotopic (exact) mass is 383 g/mol. The predicted octanol–water partition coefficient (Wildman–Crippen LogP) is 4.25. The summed E-state index contributed by atoms with van der Waals surface area (Å²) >= 11 is 6.46. The third-order valence-electron chi connectivity index (χ3n) is 4.24. The number of anilines is 1. The molecule has 1 aliphatic rings. The molecule has 1 aliphatic heterocycles. The number of rotatable bonds is 3. The molecule has 2 heterocycles. The SMILES string of the molecule is Cc1nn(-c2ccccc2)c(Cl)c1C(=O)Nc1ccc2c(c1)OCCCO2. The summed E-state index contributed by atoms with van der Waals surface area (Å²) in [5, 5.41) is 7.54. The topological polar surface area (TPSA) is 65.4 Å². The van der Waals surface area contributed by atoms with Gasteiger partial charge < -0.3 is 14.8 Å². The third-order valence-corrected chi connectivity index (χ3v) is 4.59. The van der Waals surface area contributed by atoms with E-state index in [9.17, 15) is 4.79 Å². The number of benzene rings is 2. The second-order valence-corrected chi connectivity index (χ2v) is 6.52. The smallest absolute Gasteiger partial charge is 0.260 e. The van der Waals surface area contributed by atoms with Gasteiger partial charge in [-0.2, -0.15) is 5.10 Å². The van der Waals surface area contributed by atoms with E-state index < -0.39 is 0 Å². The van der Waals surface area contributed by atoms with Crippen molar-refractivity contribution in [3.8, 4) is 17.2 Å². The van der Waals surface area contributed by atoms with Crippen molar-refractivity contribution < 1.29 is 14.3 Å². The quantitative estimate of drug-likeness (QED) is 0.734. The van der Waals surface area contributed by atoms with Crippen molar-refractivity contribution in [2.75, 3.05) is 18.5 Å². The van der Waals surface area contributed by atoms with Gasteiger partial charge in [-0.3, -0.25) is 4.79 Å². The Morgan fingerprint density at radius 1 is 1.11 bits per heavy atom. The van der Waals surface area contributed by atoms with Crippen LogP contribution in [0.15, 0.2) is 48.5 Å². The number of carbonyl (C=O) groups is 1. The summed E-state index contributed by atoms with van der Waals surface area (Å²) in [6.45, 7) is 2.96. The van der Waals surface area contributed by atoms with Crippen LogP contribution in [-0.2, 0) is 0 Å². The van der Waals surface area contributed by atoms with Gasteiger partial charge in [-0.25, -0.2) is 4.68 Å². The van der Waals surface area contributed by atoms with Crippen LogP contribution >= 0.6 is 11.6 Å². The van der Waals surface area contributed by atoms with Crippen LogP contribution in [0.1, 0.15) is 22.5 Å². The van der Waals surface area contributed by atoms with Gasteiger partial charge >= 0.3 is 0 Å². The maximum atomic E-state index is 12.8. The first kappa shape index (κ1) is 17.4. The Morgan fingerprint density at radius 3 is 2.63 bits per heavy atom. The van der Waals surface area contributed by atoms with Gasteiger partial charge in [0.2, 0.25) is 0 Å². The Kier molecular flexibility index (Phi) is 4.73. The van der Waals surface area contributed by atoms with Gasteiger partial charge in [-0.15, -0.1) is 0 Å². The molecule has 1 N–H and O–H groups in total. The van der Waals surface area contributed by atoms with E-state index >= 15 is 0 Å². The van der Waals surface area contributed by atoms with Crippen molar-refractivity contribution in [3.63, 3.8) is 0 Å². The molecule has 138 valence electrons. The number of hydrogen-bond acceptors (Lipinski definition) is 4. The number of fused-ring (bicyclic) bond motifs is 1. The van der Waals surface area contributed by atoms with Gasteiger partial charge in [0.1, 0.15) is 10.7 Å². The number of ether oxygens (including phenoxy) is 2. The molecule has 27 heavy (non-hydrogen) atoms. The zero-order chi connectivity index (χ0) is 18.8. The lowest BCUT2D eigenvalue weighted by atomic mass is 10.2. The van der Waals surface area contributed by atoms with Gasteiger partial charge in [0.25, 0.3) is 5.91 Å². The van der Waals surface area contributed by atoms with E-state index in [2.05, 4.69) is 10.4 Å². The molecule has 0 spiro atoms. The minimum atomic E-state index is -0.325. The van der Waals surface area contributed by atoms with E-state index in [1.807, 2.05) is 30.3 Å². The van der Waals surface area contributed by atoms with Gasteiger partial charge in [-0.05, 0) is 31.2 Å². The van der Waals surface area contributed by atoms with E-state index in [-0.39, 0.29) is 11.1 Å². The highest BCUT2D eigenvalue weighted by molar-refractivity contribution is 6.34. The number of halogens is 1. The lowest BCUT2D eigenvalue weighted by Crippen LogP contribution is -2.13. The van der Waals surface area contributed by atoms with E-state index in [0.717, 1.165) is 12.1 Å². The summed E-state index contributed by atoms with van der Waals surface area (Å²) in [5.74, 6) is 0.971. The van der Waals surface area contributed by atoms with E-state index in [4.69, 9.17) is 21.1 Å². The van der Waals surface area contributed by atoms with Crippen molar-refractivity contribution in [2.45, 2.75) is 13.3 Å². The predicted molar refractivity (Wildman–Crippen MR) is 103 cm³/mol. The van der Waals surface area contributed by atoms with Crippen LogP contribution in [0.5, 0.6) is 11.5 Å². The first-order valence-electron chi connectivity index (χ1n) is 8.65. The van der Waals surface area contributed by atoms with Crippen molar-refractivity contribution in [3.05, 3.63) is 64.9 Å². The fraction of sp³-hybridized carbons (Fsp3) is 0.200. The highest BCUT2D eigenvalue weighted by atomic mass is 35.5. The molecule has 0 fully saturated rings. The summed E-state index contributed by atoms with van der Waals surface area (Å²) in [6.07, 6.45) is 0.823. The number of para-hydroxylation sites is 1. The standard InChI is InChI=1S/C20H18ClN3O3/c1-13-18(19(21)24(23-13)15-6-3-2-4-7-15)20(25)22-14-8-9-16-17(12-14)27-11-5-10-26-16/h2-4,6-9,12H,5,10-11H2,1H3,(H,22,25). The number of aromatic nitrogens is 2. The summed E-state index contributed by atoms with van der Waals surface area (Å²) in [4.78, 5) is 12.8. The maximum absolute atomic E-state index is 12.8. The molecule has 3 aromatic rings. The second-order valence-electron chi connectivity index (χ2n) is 6.16. The molecule has 0 aliphatic carbocycles. The lowest BCUT2D eigenvalue weighted by molar-refractivity contribution is 0.102. The van der Waals surface area contributed by atoms with E-state index in [0.29, 0.717) is 41.7 Å². The average Bonchev–Trinajstić information content (AvgIpc) is 2.83. The zero-order valence-electron chi connectivity index (χ0n) is 14.7. The third kappa shape index (κ3) is 3.48. The molecule has 0 radical (unpaired) electrons. The van der Waals surface area contributed by atoms with E-state index in [1.165, 1.54) is 0 Å². The van der Waals surface area contributed by atoms with Crippen molar-refractivity contribution >= 4 is 23.2 Å². The molecule has 4 rings (SSSR count). The van der Waals surface area contributed by atoms with E-state index in [1.54, 1.807) is 29.8 Å². The lowest BCUT2D eigenvalue weighted by Gasteiger charge is -2.10. The molecular weight excluding hydrogens is 366 g/mol. The summed E-state index contributed by atoms with van der Waals surface area (Å²) in [6, 6.07) is 14.8. The van der Waals surface area contributed by atoms with Crippen LogP contribution in [0.4, 0.5) is 5.69 Å². The first-order chi connectivity index (χ1) is 13.1. The molecule has 6 nitrogen and oxygen atoms in total. The highest BCUT2D eigenvalue weighted by Gasteiger charge is 2.22. The minimum absolute atomic E-state index is 0.269. The summed E-state index contributed by atoms with van der Waals surface area (Å²) in [7, 11) is 0. The van der Waals surface area contributed by atoms with Crippen LogP contribution in [0.2, 0.25) is 5.15 Å². The van der Waals surface area contributed by atoms with Crippen LogP contribution in [0.3, 0.4) is 0 Å². The van der Waals surface area contributed by atoms with Crippen molar-refractivity contribution in [2.24, 2.45) is 0 Å². The Balaban J connectivity index is 1.61. The minimum Gasteiger partial charge on any atom is -0.490 e. The zero-order valence-corrected chi connectivity index (χ0v) is 15.5. The summed E-state index contributed by atoms with van der Waals surface area (Å²) < 4.78 is 12.8. The molecule has 0 atom stereocenters. The fourth-order valence-corrected chi connectivity index (χ4v) is 3.29. The first-order valence-corrected chi connectivity index (χ1v) is 9.03. The number of carbonyl (C=O) groups excluding carboxylic acids is 1. The Bertz CT molecular complexity index is 986. The number of nitrogens with zero attached hydrogens (tertiary/aromatic N) is 2. The molecule has 0 bridgehead atoms. The van der Waals surface area contributed by atoms with Gasteiger partial charge in [0.15, 0.2) is 11.5 Å². The molecule has 7 heteroatoms. The van der Waals surface area contributed by atoms with Gasteiger partial charge in [0, 0.05) is 18.2 Å². The summed E-state index contributed by atoms with van der Waals surface area (Å²) in [5.41, 5.74) is 2.29. The number of nitrogens with one attached hydrogen (secondary N) is 1. The van der Waals surface area contributed by atoms with Crippen LogP contribution in [0, 0.1) is 6.92 Å². The van der Waals surface area contributed by atoms with Gasteiger partial charge in [-0.1, -0.05) is 29.8 Å². The normalized spacial score (nSPS) is 13.1. The molecule has 2 aromatic carbocycles. The molecule has 1 amide bonds. The Morgan fingerprint density at radius 2 is 1.85 bits per heavy atom. The largest absolute Gasteiger partial charge is 0.490 e. The highest BCUT2D eigenvalue weighted by Crippen LogP contribution is 2.33. The molecule has 0 saturated heterocycles. The fourth-order valence-electron chi connectivity index (χ4n) is 2.93. The van der Waals surface area contributed by atoms with Gasteiger partial charge in [0.05, 0.1) is 24.6 Å². The molecular formula is C20H18ClN3O3. The van der Waals surface area contributed by atoms with Crippen LogP contribution in [0.25, 0.3) is 5.69 Å². The molecule has 0 saturated carbocycles. The van der Waals surface area contributed by atoms with Crippen LogP contribution < -0.4 is 14.8 Å². The number of aryl methyl sites for hydroxylation is 1. The molecule has 1 aromatic heterocycles. The molecule has 0 unspecified atom stereocenters. The van der Waals surface area contributed by atoms with Crippen LogP contribution in [-0.4, -0.2) is 28.9 Å². The Labute approximate surface area is 161 Å². The Hall–Kier alpha value is -2.99.